The summed E-state index contributed by atoms with van der Waals surface area (Å²) in [5.74, 6) is -1.58. The molecule has 0 radical (unpaired) electrons. The normalized spacial score (nSPS) is 17.9. The Morgan fingerprint density at radius 1 is 1.18 bits per heavy atom. The number of carboxylic acid groups (broad SMARTS) is 1. The molecule has 7 heteroatoms. The van der Waals surface area contributed by atoms with E-state index in [-0.39, 0.29) is 18.2 Å². The van der Waals surface area contributed by atoms with Crippen LogP contribution in [0.1, 0.15) is 44.1 Å². The van der Waals surface area contributed by atoms with E-state index in [2.05, 4.69) is 0 Å². The summed E-state index contributed by atoms with van der Waals surface area (Å²) in [4.78, 5) is 24.9. The number of amides is 1. The number of carboxylic acids is 1. The number of halogens is 1. The molecule has 1 aliphatic rings. The van der Waals surface area contributed by atoms with Gasteiger partial charge in [0.15, 0.2) is 0 Å². The minimum Gasteiger partial charge on any atom is -0.480 e. The predicted octanol–water partition coefficient (Wildman–Crippen LogP) is 2.79. The molecular weight excluding hydrogens is 365 g/mol. The number of hydrogen-bond donors (Lipinski definition) is 2. The number of nitrogens with zero attached hydrogens (tertiary/aromatic N) is 1. The second-order valence-electron chi connectivity index (χ2n) is 7.30. The Morgan fingerprint density at radius 2 is 1.93 bits per heavy atom. The lowest BCUT2D eigenvalue weighted by Gasteiger charge is -2.38. The number of likely N-dealkylation sites (tertiary alicyclic amines) is 1. The number of alkyl halides is 1. The van der Waals surface area contributed by atoms with Gasteiger partial charge in [0, 0.05) is 18.9 Å². The summed E-state index contributed by atoms with van der Waals surface area (Å²) in [7, 11) is 0. The second kappa shape index (κ2) is 11.8. The van der Waals surface area contributed by atoms with Crippen LogP contribution in [-0.2, 0) is 20.7 Å². The molecule has 0 aromatic heterocycles. The molecule has 1 amide bonds. The van der Waals surface area contributed by atoms with Crippen LogP contribution in [0.2, 0.25) is 0 Å². The monoisotopic (exact) mass is 395 g/mol. The van der Waals surface area contributed by atoms with Crippen molar-refractivity contribution in [2.75, 3.05) is 19.8 Å². The van der Waals surface area contributed by atoms with E-state index in [1.165, 1.54) is 0 Å². The van der Waals surface area contributed by atoms with Crippen LogP contribution in [0.25, 0.3) is 0 Å². The molecule has 0 bridgehead atoms. The molecule has 2 N–H and O–H groups in total. The van der Waals surface area contributed by atoms with Gasteiger partial charge in [0.05, 0.1) is 12.8 Å². The first-order valence-corrected chi connectivity index (χ1v) is 9.92. The maximum atomic E-state index is 13.2. The number of carbonyl (C=O) groups is 2. The van der Waals surface area contributed by atoms with E-state index in [0.717, 1.165) is 18.4 Å². The Morgan fingerprint density at radius 3 is 2.57 bits per heavy atom. The lowest BCUT2D eigenvalue weighted by molar-refractivity contribution is -0.167. The molecule has 1 aromatic rings. The lowest BCUT2D eigenvalue weighted by atomic mass is 9.92. The minimum atomic E-state index is -1.13. The fraction of sp³-hybridized carbons (Fsp3) is 0.619. The van der Waals surface area contributed by atoms with Crippen LogP contribution in [0.4, 0.5) is 4.39 Å². The number of aliphatic carboxylic acids is 1. The lowest BCUT2D eigenvalue weighted by Crippen LogP contribution is -2.49. The van der Waals surface area contributed by atoms with Crippen LogP contribution >= 0.6 is 0 Å². The van der Waals surface area contributed by atoms with Gasteiger partial charge in [-0.15, -0.1) is 0 Å². The molecule has 1 heterocycles. The standard InChI is InChI=1S/C21H30FNO5/c22-12-11-17(9-10-18(24)14-16-6-2-1-3-7-16)21(28-15-20(26)27)23-13-5-4-8-19(23)25/h1-3,6-7,17-18,21,24H,4-5,8-15H2,(H,26,27)/t17?,18?,21-/m1/s1. The first-order chi connectivity index (χ1) is 13.5. The van der Waals surface area contributed by atoms with Crippen molar-refractivity contribution in [3.05, 3.63) is 35.9 Å². The van der Waals surface area contributed by atoms with Gasteiger partial charge in [-0.05, 0) is 44.1 Å². The second-order valence-corrected chi connectivity index (χ2v) is 7.30. The highest BCUT2D eigenvalue weighted by atomic mass is 19.1. The summed E-state index contributed by atoms with van der Waals surface area (Å²) in [6.45, 7) is -0.642. The summed E-state index contributed by atoms with van der Waals surface area (Å²) < 4.78 is 18.7. The van der Waals surface area contributed by atoms with E-state index in [4.69, 9.17) is 9.84 Å². The number of aliphatic hydroxyl groups excluding tert-OH is 1. The largest absolute Gasteiger partial charge is 0.480 e. The zero-order valence-electron chi connectivity index (χ0n) is 16.1. The fourth-order valence-corrected chi connectivity index (χ4v) is 3.70. The molecular formula is C21H30FNO5. The highest BCUT2D eigenvalue weighted by Crippen LogP contribution is 2.27. The van der Waals surface area contributed by atoms with Crippen molar-refractivity contribution in [2.45, 2.75) is 57.3 Å². The van der Waals surface area contributed by atoms with Gasteiger partial charge in [-0.25, -0.2) is 4.79 Å². The average molecular weight is 395 g/mol. The van der Waals surface area contributed by atoms with E-state index in [1.54, 1.807) is 4.90 Å². The van der Waals surface area contributed by atoms with Crippen LogP contribution < -0.4 is 0 Å². The number of piperidine rings is 1. The Labute approximate surface area is 165 Å². The van der Waals surface area contributed by atoms with E-state index < -0.39 is 31.6 Å². The van der Waals surface area contributed by atoms with Crippen LogP contribution in [-0.4, -0.2) is 59.1 Å². The predicted molar refractivity (Wildman–Crippen MR) is 102 cm³/mol. The van der Waals surface area contributed by atoms with E-state index in [9.17, 15) is 19.1 Å². The van der Waals surface area contributed by atoms with Crippen molar-refractivity contribution < 1.29 is 28.9 Å². The van der Waals surface area contributed by atoms with Crippen LogP contribution in [0.5, 0.6) is 0 Å². The van der Waals surface area contributed by atoms with Crippen molar-refractivity contribution in [3.63, 3.8) is 0 Å². The average Bonchev–Trinajstić information content (AvgIpc) is 2.68. The highest BCUT2D eigenvalue weighted by molar-refractivity contribution is 5.77. The van der Waals surface area contributed by atoms with Crippen LogP contribution in [0, 0.1) is 5.92 Å². The van der Waals surface area contributed by atoms with Crippen molar-refractivity contribution in [2.24, 2.45) is 5.92 Å². The summed E-state index contributed by atoms with van der Waals surface area (Å²) in [5.41, 5.74) is 1.02. The van der Waals surface area contributed by atoms with Crippen molar-refractivity contribution >= 4 is 11.9 Å². The Kier molecular flexibility index (Phi) is 9.37. The van der Waals surface area contributed by atoms with Crippen molar-refractivity contribution in [3.8, 4) is 0 Å². The third kappa shape index (κ3) is 7.20. The van der Waals surface area contributed by atoms with Gasteiger partial charge < -0.3 is 19.8 Å². The van der Waals surface area contributed by atoms with E-state index >= 15 is 0 Å². The zero-order chi connectivity index (χ0) is 20.4. The maximum absolute atomic E-state index is 13.2. The minimum absolute atomic E-state index is 0.0877. The topological polar surface area (TPSA) is 87.1 Å². The molecule has 1 aromatic carbocycles. The molecule has 3 atom stereocenters. The highest BCUT2D eigenvalue weighted by Gasteiger charge is 2.33. The van der Waals surface area contributed by atoms with Crippen LogP contribution in [0.15, 0.2) is 30.3 Å². The number of aliphatic hydroxyl groups is 1. The molecule has 2 unspecified atom stereocenters. The third-order valence-electron chi connectivity index (χ3n) is 5.11. The van der Waals surface area contributed by atoms with Crippen molar-refractivity contribution in [1.82, 2.24) is 4.90 Å². The molecule has 0 aliphatic carbocycles. The molecule has 6 nitrogen and oxygen atoms in total. The van der Waals surface area contributed by atoms with Gasteiger partial charge in [0.25, 0.3) is 0 Å². The third-order valence-corrected chi connectivity index (χ3v) is 5.11. The summed E-state index contributed by atoms with van der Waals surface area (Å²) in [6, 6.07) is 9.60. The smallest absolute Gasteiger partial charge is 0.329 e. The SMILES string of the molecule is O=C(O)CO[C@H](C(CCF)CCC(O)Cc1ccccc1)N1CCCCC1=O. The Bertz CT molecular complexity index is 612. The number of rotatable bonds is 12. The molecule has 0 spiro atoms. The van der Waals surface area contributed by atoms with Crippen LogP contribution in [0.3, 0.4) is 0 Å². The maximum Gasteiger partial charge on any atom is 0.329 e. The van der Waals surface area contributed by atoms with Gasteiger partial charge in [0.2, 0.25) is 5.91 Å². The summed E-state index contributed by atoms with van der Waals surface area (Å²) in [6.07, 6.45) is 2.16. The first kappa shape index (κ1) is 22.3. The molecule has 156 valence electrons. The first-order valence-electron chi connectivity index (χ1n) is 9.92. The Balaban J connectivity index is 2.02. The summed E-state index contributed by atoms with van der Waals surface area (Å²) >= 11 is 0. The van der Waals surface area contributed by atoms with Gasteiger partial charge in [-0.3, -0.25) is 9.18 Å². The van der Waals surface area contributed by atoms with Crippen molar-refractivity contribution in [1.29, 1.82) is 0 Å². The number of ether oxygens (including phenoxy) is 1. The number of benzene rings is 1. The van der Waals surface area contributed by atoms with Gasteiger partial charge in [0.1, 0.15) is 12.8 Å². The van der Waals surface area contributed by atoms with Gasteiger partial charge in [-0.2, -0.15) is 0 Å². The number of carbonyl (C=O) groups excluding carboxylic acids is 1. The van der Waals surface area contributed by atoms with Gasteiger partial charge in [-0.1, -0.05) is 30.3 Å². The van der Waals surface area contributed by atoms with Gasteiger partial charge >= 0.3 is 5.97 Å². The summed E-state index contributed by atoms with van der Waals surface area (Å²) in [5, 5.41) is 19.4. The molecule has 1 saturated heterocycles. The molecule has 1 aliphatic heterocycles. The quantitative estimate of drug-likeness (QED) is 0.568. The molecule has 0 saturated carbocycles. The molecule has 2 rings (SSSR count). The fourth-order valence-electron chi connectivity index (χ4n) is 3.70. The number of hydrogen-bond acceptors (Lipinski definition) is 4. The zero-order valence-corrected chi connectivity index (χ0v) is 16.1. The Hall–Kier alpha value is -1.99. The van der Waals surface area contributed by atoms with E-state index in [1.807, 2.05) is 30.3 Å². The molecule has 1 fully saturated rings. The molecule has 28 heavy (non-hydrogen) atoms. The van der Waals surface area contributed by atoms with E-state index in [0.29, 0.717) is 32.2 Å².